The van der Waals surface area contributed by atoms with E-state index in [2.05, 4.69) is 61.7 Å². The molecule has 0 amide bonds. The van der Waals surface area contributed by atoms with Crippen molar-refractivity contribution in [3.8, 4) is 0 Å². The first-order valence-corrected chi connectivity index (χ1v) is 10.8. The van der Waals surface area contributed by atoms with Gasteiger partial charge in [-0.1, -0.05) is 61.9 Å². The molecule has 2 aromatic heterocycles. The smallest absolute Gasteiger partial charge is 0.191 e. The molecule has 0 aliphatic carbocycles. The molecule has 1 aromatic carbocycles. The second-order valence-corrected chi connectivity index (χ2v) is 8.01. The van der Waals surface area contributed by atoms with Crippen LogP contribution < -0.4 is 5.73 Å². The van der Waals surface area contributed by atoms with Gasteiger partial charge < -0.3 is 10.3 Å². The van der Waals surface area contributed by atoms with Crippen molar-refractivity contribution in [2.75, 3.05) is 11.5 Å². The molecule has 2 heterocycles. The van der Waals surface area contributed by atoms with E-state index in [1.54, 1.807) is 11.8 Å². The number of nitrogen functional groups attached to an aromatic ring is 1. The summed E-state index contributed by atoms with van der Waals surface area (Å²) in [4.78, 5) is 13.6. The number of rotatable bonds is 9. The summed E-state index contributed by atoms with van der Waals surface area (Å²) in [5, 5.41) is 0.729. The zero-order valence-corrected chi connectivity index (χ0v) is 17.4. The SMILES string of the molecule is CCCCCn1c(Br)nc2c(N)nc(SCCCc3ccccc3)nc21. The lowest BCUT2D eigenvalue weighted by Crippen LogP contribution is -2.03. The van der Waals surface area contributed by atoms with E-state index in [-0.39, 0.29) is 0 Å². The van der Waals surface area contributed by atoms with Crippen LogP contribution in [-0.4, -0.2) is 25.3 Å². The number of aryl methyl sites for hydroxylation is 2. The van der Waals surface area contributed by atoms with Crippen molar-refractivity contribution in [2.24, 2.45) is 0 Å². The van der Waals surface area contributed by atoms with Crippen molar-refractivity contribution in [3.63, 3.8) is 0 Å². The van der Waals surface area contributed by atoms with Crippen LogP contribution in [0.3, 0.4) is 0 Å². The summed E-state index contributed by atoms with van der Waals surface area (Å²) in [5.41, 5.74) is 9.00. The molecule has 2 N–H and O–H groups in total. The second kappa shape index (κ2) is 9.37. The predicted octanol–water partition coefficient (Wildman–Crippen LogP) is 5.09. The molecule has 0 bridgehead atoms. The van der Waals surface area contributed by atoms with Crippen LogP contribution in [0.4, 0.5) is 5.82 Å². The van der Waals surface area contributed by atoms with Gasteiger partial charge in [-0.25, -0.2) is 15.0 Å². The van der Waals surface area contributed by atoms with Gasteiger partial charge in [0.25, 0.3) is 0 Å². The van der Waals surface area contributed by atoms with Gasteiger partial charge in [-0.3, -0.25) is 0 Å². The number of halogens is 1. The predicted molar refractivity (Wildman–Crippen MR) is 112 cm³/mol. The van der Waals surface area contributed by atoms with E-state index < -0.39 is 0 Å². The average molecular weight is 434 g/mol. The topological polar surface area (TPSA) is 69.6 Å². The lowest BCUT2D eigenvalue weighted by Gasteiger charge is -2.06. The summed E-state index contributed by atoms with van der Waals surface area (Å²) in [6.45, 7) is 3.09. The lowest BCUT2D eigenvalue weighted by atomic mass is 10.1. The zero-order valence-electron chi connectivity index (χ0n) is 15.0. The van der Waals surface area contributed by atoms with Gasteiger partial charge in [0, 0.05) is 12.3 Å². The summed E-state index contributed by atoms with van der Waals surface area (Å²) < 4.78 is 2.87. The maximum Gasteiger partial charge on any atom is 0.191 e. The third-order valence-corrected chi connectivity index (χ3v) is 5.76. The second-order valence-electron chi connectivity index (χ2n) is 6.24. The molecule has 0 atom stereocenters. The number of fused-ring (bicyclic) bond motifs is 1. The first-order valence-electron chi connectivity index (χ1n) is 9.05. The van der Waals surface area contributed by atoms with Gasteiger partial charge >= 0.3 is 0 Å². The van der Waals surface area contributed by atoms with Crippen molar-refractivity contribution in [1.82, 2.24) is 19.5 Å². The number of nitrogens with zero attached hydrogens (tertiary/aromatic N) is 4. The number of thioether (sulfide) groups is 1. The third-order valence-electron chi connectivity index (χ3n) is 4.22. The molecule has 5 nitrogen and oxygen atoms in total. The molecule has 3 aromatic rings. The van der Waals surface area contributed by atoms with Gasteiger partial charge in [0.2, 0.25) is 0 Å². The average Bonchev–Trinajstić information content (AvgIpc) is 2.96. The summed E-state index contributed by atoms with van der Waals surface area (Å²) in [5.74, 6) is 1.42. The minimum absolute atomic E-state index is 0.454. The van der Waals surface area contributed by atoms with E-state index in [4.69, 9.17) is 10.7 Å². The summed E-state index contributed by atoms with van der Waals surface area (Å²) in [7, 11) is 0. The molecule has 3 rings (SSSR count). The third kappa shape index (κ3) is 4.76. The minimum atomic E-state index is 0.454. The molecule has 0 aliphatic heterocycles. The molecule has 0 radical (unpaired) electrons. The first-order chi connectivity index (χ1) is 12.7. The van der Waals surface area contributed by atoms with Crippen molar-refractivity contribution in [2.45, 2.75) is 50.7 Å². The molecule has 138 valence electrons. The fourth-order valence-corrected chi connectivity index (χ4v) is 4.15. The number of hydrogen-bond donors (Lipinski definition) is 1. The van der Waals surface area contributed by atoms with Crippen molar-refractivity contribution >= 4 is 44.7 Å². The minimum Gasteiger partial charge on any atom is -0.382 e. The number of hydrogen-bond acceptors (Lipinski definition) is 5. The fourth-order valence-electron chi connectivity index (χ4n) is 2.84. The maximum absolute atomic E-state index is 6.13. The molecule has 0 spiro atoms. The molecule has 0 fully saturated rings. The molecule has 26 heavy (non-hydrogen) atoms. The Kier molecular flexibility index (Phi) is 6.91. The first kappa shape index (κ1) is 19.2. The van der Waals surface area contributed by atoms with E-state index in [9.17, 15) is 0 Å². The molecule has 0 saturated heterocycles. The molecular weight excluding hydrogens is 410 g/mol. The van der Waals surface area contributed by atoms with Gasteiger partial charge in [-0.2, -0.15) is 0 Å². The maximum atomic E-state index is 6.13. The Morgan fingerprint density at radius 2 is 1.88 bits per heavy atom. The van der Waals surface area contributed by atoms with Crippen LogP contribution in [0.1, 0.15) is 38.2 Å². The Balaban J connectivity index is 1.67. The molecule has 0 unspecified atom stereocenters. The molecule has 0 saturated carbocycles. The number of aromatic nitrogens is 4. The number of anilines is 1. The van der Waals surface area contributed by atoms with Crippen LogP contribution in [0.15, 0.2) is 40.2 Å². The highest BCUT2D eigenvalue weighted by molar-refractivity contribution is 9.10. The van der Waals surface area contributed by atoms with Crippen LogP contribution >= 0.6 is 27.7 Å². The highest BCUT2D eigenvalue weighted by atomic mass is 79.9. The van der Waals surface area contributed by atoms with Crippen LogP contribution in [0.5, 0.6) is 0 Å². The quantitative estimate of drug-likeness (QED) is 0.220. The van der Waals surface area contributed by atoms with Gasteiger partial charge in [-0.05, 0) is 40.8 Å². The highest BCUT2D eigenvalue weighted by Crippen LogP contribution is 2.26. The Bertz CT molecular complexity index is 850. The summed E-state index contributed by atoms with van der Waals surface area (Å²) in [6, 6.07) is 10.5. The van der Waals surface area contributed by atoms with Crippen molar-refractivity contribution in [3.05, 3.63) is 40.6 Å². The van der Waals surface area contributed by atoms with Crippen LogP contribution in [0.25, 0.3) is 11.2 Å². The monoisotopic (exact) mass is 433 g/mol. The van der Waals surface area contributed by atoms with E-state index in [0.717, 1.165) is 47.1 Å². The van der Waals surface area contributed by atoms with E-state index in [0.29, 0.717) is 11.3 Å². The van der Waals surface area contributed by atoms with Gasteiger partial charge in [0.1, 0.15) is 0 Å². The standard InChI is InChI=1S/C19H24BrN5S/c1-2-3-7-12-25-17-15(22-18(25)20)16(21)23-19(24-17)26-13-8-11-14-9-5-4-6-10-14/h4-6,9-10H,2-3,7-8,11-13H2,1H3,(H2,21,23,24). The van der Waals surface area contributed by atoms with E-state index in [1.807, 2.05) is 6.07 Å². The Morgan fingerprint density at radius 1 is 1.08 bits per heavy atom. The van der Waals surface area contributed by atoms with E-state index >= 15 is 0 Å². The number of unbranched alkanes of at least 4 members (excludes halogenated alkanes) is 2. The molecular formula is C19H24BrN5S. The van der Waals surface area contributed by atoms with Crippen LogP contribution in [0.2, 0.25) is 0 Å². The molecule has 7 heteroatoms. The van der Waals surface area contributed by atoms with E-state index in [1.165, 1.54) is 18.4 Å². The van der Waals surface area contributed by atoms with Gasteiger partial charge in [0.05, 0.1) is 0 Å². The fraction of sp³-hybridized carbons (Fsp3) is 0.421. The largest absolute Gasteiger partial charge is 0.382 e. The summed E-state index contributed by atoms with van der Waals surface area (Å²) in [6.07, 6.45) is 5.61. The van der Waals surface area contributed by atoms with Crippen LogP contribution in [-0.2, 0) is 13.0 Å². The Morgan fingerprint density at radius 3 is 2.65 bits per heavy atom. The van der Waals surface area contributed by atoms with Crippen molar-refractivity contribution in [1.29, 1.82) is 0 Å². The normalized spacial score (nSPS) is 11.3. The lowest BCUT2D eigenvalue weighted by molar-refractivity contribution is 0.601. The number of nitrogens with two attached hydrogens (primary N) is 1. The Hall–Kier alpha value is -1.60. The zero-order chi connectivity index (χ0) is 18.4. The number of imidazole rings is 1. The van der Waals surface area contributed by atoms with Crippen LogP contribution in [0, 0.1) is 0 Å². The molecule has 0 aliphatic rings. The summed E-state index contributed by atoms with van der Waals surface area (Å²) >= 11 is 5.19. The van der Waals surface area contributed by atoms with Gasteiger partial charge in [0.15, 0.2) is 26.9 Å². The number of benzene rings is 1. The van der Waals surface area contributed by atoms with Gasteiger partial charge in [-0.15, -0.1) is 0 Å². The highest BCUT2D eigenvalue weighted by Gasteiger charge is 2.15. The Labute approximate surface area is 166 Å². The van der Waals surface area contributed by atoms with Crippen molar-refractivity contribution < 1.29 is 0 Å².